The van der Waals surface area contributed by atoms with Gasteiger partial charge in [-0.25, -0.2) is 15.0 Å². The fraction of sp³-hybridized carbons (Fsp3) is 0.286. The van der Waals surface area contributed by atoms with Crippen LogP contribution in [-0.4, -0.2) is 16.2 Å². The van der Waals surface area contributed by atoms with Crippen LogP contribution in [0.15, 0.2) is 11.2 Å². The monoisotopic (exact) mass is 133 g/mol. The maximum atomic E-state index is 4.14. The zero-order chi connectivity index (χ0) is 6.97. The van der Waals surface area contributed by atoms with Gasteiger partial charge in [-0.2, -0.15) is 0 Å². The zero-order valence-electron chi connectivity index (χ0n) is 5.70. The molecule has 0 spiro atoms. The van der Waals surface area contributed by atoms with Gasteiger partial charge in [0.2, 0.25) is 0 Å². The van der Waals surface area contributed by atoms with E-state index < -0.39 is 0 Å². The highest BCUT2D eigenvalue weighted by Crippen LogP contribution is 2.19. The van der Waals surface area contributed by atoms with Crippen LogP contribution in [0.2, 0.25) is 0 Å². The summed E-state index contributed by atoms with van der Waals surface area (Å²) in [7, 11) is 0. The summed E-state index contributed by atoms with van der Waals surface area (Å²) >= 11 is 0. The molecular formula is C7H7N3. The number of hydrogen-bond donors (Lipinski definition) is 0. The Bertz CT molecular complexity index is 291. The minimum Gasteiger partial charge on any atom is -0.241 e. The van der Waals surface area contributed by atoms with E-state index in [1.54, 1.807) is 0 Å². The predicted molar refractivity (Wildman–Crippen MR) is 38.6 cm³/mol. The molecule has 1 aromatic heterocycles. The molecule has 0 aromatic carbocycles. The first-order valence-electron chi connectivity index (χ1n) is 3.21. The lowest BCUT2D eigenvalue weighted by Gasteiger charge is -1.94. The normalized spacial score (nSPS) is 13.7. The van der Waals surface area contributed by atoms with Gasteiger partial charge in [-0.05, 0) is 6.92 Å². The fourth-order valence-electron chi connectivity index (χ4n) is 0.969. The molecule has 1 aliphatic heterocycles. The average molecular weight is 133 g/mol. The van der Waals surface area contributed by atoms with Gasteiger partial charge in [0, 0.05) is 24.4 Å². The Labute approximate surface area is 58.9 Å². The van der Waals surface area contributed by atoms with Crippen LogP contribution < -0.4 is 0 Å². The summed E-state index contributed by atoms with van der Waals surface area (Å²) in [5.41, 5.74) is 1.13. The van der Waals surface area contributed by atoms with Crippen molar-refractivity contribution in [2.24, 2.45) is 4.99 Å². The Kier molecular flexibility index (Phi) is 1.03. The van der Waals surface area contributed by atoms with E-state index in [0.29, 0.717) is 0 Å². The highest BCUT2D eigenvalue weighted by atomic mass is 15.0. The largest absolute Gasteiger partial charge is 0.241 e. The lowest BCUT2D eigenvalue weighted by Crippen LogP contribution is -1.88. The molecule has 0 amide bonds. The molecule has 0 saturated heterocycles. The topological polar surface area (TPSA) is 38.1 Å². The lowest BCUT2D eigenvalue weighted by molar-refractivity contribution is 1.03. The van der Waals surface area contributed by atoms with Gasteiger partial charge in [0.05, 0.1) is 0 Å². The molecule has 0 aliphatic carbocycles. The number of hydrogen-bond acceptors (Lipinski definition) is 3. The lowest BCUT2D eigenvalue weighted by atomic mass is 10.3. The highest BCUT2D eigenvalue weighted by molar-refractivity contribution is 5.73. The third-order valence-electron chi connectivity index (χ3n) is 1.49. The molecule has 2 heterocycles. The Morgan fingerprint density at radius 2 is 2.40 bits per heavy atom. The van der Waals surface area contributed by atoms with Crippen LogP contribution in [0.1, 0.15) is 11.4 Å². The van der Waals surface area contributed by atoms with Crippen LogP contribution in [0.4, 0.5) is 5.82 Å². The van der Waals surface area contributed by atoms with Crippen LogP contribution in [-0.2, 0) is 6.42 Å². The molecular weight excluding hydrogens is 126 g/mol. The number of fused-ring (bicyclic) bond motifs is 1. The van der Waals surface area contributed by atoms with Gasteiger partial charge in [0.25, 0.3) is 0 Å². The number of aliphatic imine (C=N–C) groups is 1. The summed E-state index contributed by atoms with van der Waals surface area (Å²) < 4.78 is 0. The van der Waals surface area contributed by atoms with E-state index >= 15 is 0 Å². The highest BCUT2D eigenvalue weighted by Gasteiger charge is 2.06. The maximum absolute atomic E-state index is 4.14. The minimum absolute atomic E-state index is 0.790. The van der Waals surface area contributed by atoms with Crippen LogP contribution in [0, 0.1) is 6.92 Å². The third kappa shape index (κ3) is 0.708. The van der Waals surface area contributed by atoms with Crippen LogP contribution >= 0.6 is 0 Å². The maximum Gasteiger partial charge on any atom is 0.158 e. The number of nitrogens with zero attached hydrogens (tertiary/aromatic N) is 3. The molecule has 0 N–H and O–H groups in total. The van der Waals surface area contributed by atoms with E-state index in [9.17, 15) is 0 Å². The Morgan fingerprint density at radius 1 is 1.50 bits per heavy atom. The van der Waals surface area contributed by atoms with Crippen LogP contribution in [0.5, 0.6) is 0 Å². The molecule has 3 nitrogen and oxygen atoms in total. The molecule has 0 saturated carbocycles. The molecule has 0 radical (unpaired) electrons. The molecule has 2 rings (SSSR count). The van der Waals surface area contributed by atoms with Gasteiger partial charge in [-0.3, -0.25) is 0 Å². The smallest absolute Gasteiger partial charge is 0.158 e. The molecule has 0 bridgehead atoms. The van der Waals surface area contributed by atoms with Crippen LogP contribution in [0.25, 0.3) is 0 Å². The van der Waals surface area contributed by atoms with Crippen molar-refractivity contribution >= 4 is 12.0 Å². The van der Waals surface area contributed by atoms with E-state index in [1.807, 2.05) is 19.3 Å². The summed E-state index contributed by atoms with van der Waals surface area (Å²) in [5.74, 6) is 1.63. The van der Waals surface area contributed by atoms with Crippen LogP contribution in [0.3, 0.4) is 0 Å². The molecule has 0 fully saturated rings. The fourth-order valence-corrected chi connectivity index (χ4v) is 0.969. The van der Waals surface area contributed by atoms with Gasteiger partial charge in [-0.1, -0.05) is 0 Å². The molecule has 10 heavy (non-hydrogen) atoms. The van der Waals surface area contributed by atoms with Crippen molar-refractivity contribution in [3.05, 3.63) is 17.6 Å². The summed E-state index contributed by atoms with van der Waals surface area (Å²) in [6.45, 7) is 1.87. The van der Waals surface area contributed by atoms with E-state index in [4.69, 9.17) is 0 Å². The first kappa shape index (κ1) is 5.53. The summed E-state index contributed by atoms with van der Waals surface area (Å²) in [5, 5.41) is 0. The van der Waals surface area contributed by atoms with Crippen molar-refractivity contribution < 1.29 is 0 Å². The summed E-state index contributed by atoms with van der Waals surface area (Å²) in [6.07, 6.45) is 4.58. The van der Waals surface area contributed by atoms with E-state index in [-0.39, 0.29) is 0 Å². The van der Waals surface area contributed by atoms with Gasteiger partial charge in [0.1, 0.15) is 5.82 Å². The van der Waals surface area contributed by atoms with E-state index in [0.717, 1.165) is 23.6 Å². The molecule has 50 valence electrons. The van der Waals surface area contributed by atoms with E-state index in [2.05, 4.69) is 15.0 Å². The molecule has 3 heteroatoms. The first-order valence-corrected chi connectivity index (χ1v) is 3.21. The van der Waals surface area contributed by atoms with Crippen molar-refractivity contribution in [3.63, 3.8) is 0 Å². The van der Waals surface area contributed by atoms with Crippen molar-refractivity contribution in [1.29, 1.82) is 0 Å². The Morgan fingerprint density at radius 3 is 3.30 bits per heavy atom. The van der Waals surface area contributed by atoms with Gasteiger partial charge < -0.3 is 0 Å². The summed E-state index contributed by atoms with van der Waals surface area (Å²) in [6, 6.07) is 0. The van der Waals surface area contributed by atoms with Gasteiger partial charge in [0.15, 0.2) is 5.82 Å². The quantitative estimate of drug-likeness (QED) is 0.530. The third-order valence-corrected chi connectivity index (χ3v) is 1.49. The molecule has 1 aromatic rings. The molecule has 0 unspecified atom stereocenters. The van der Waals surface area contributed by atoms with Crippen molar-refractivity contribution in [2.75, 3.05) is 0 Å². The van der Waals surface area contributed by atoms with E-state index in [1.165, 1.54) is 0 Å². The predicted octanol–water partition coefficient (Wildman–Crippen LogP) is 1.04. The SMILES string of the molecule is Cc1ncc2c(n1)N=CC2. The number of aromatic nitrogens is 2. The second kappa shape index (κ2) is 1.87. The Hall–Kier alpha value is -1.25. The number of aryl methyl sites for hydroxylation is 1. The summed E-state index contributed by atoms with van der Waals surface area (Å²) in [4.78, 5) is 12.3. The van der Waals surface area contributed by atoms with Gasteiger partial charge >= 0.3 is 0 Å². The first-order chi connectivity index (χ1) is 4.86. The van der Waals surface area contributed by atoms with Crippen molar-refractivity contribution in [1.82, 2.24) is 9.97 Å². The standard InChI is InChI=1S/C7H7N3/c1-5-9-4-6-2-3-8-7(6)10-5/h3-4H,2H2,1H3. The van der Waals surface area contributed by atoms with Crippen molar-refractivity contribution in [3.8, 4) is 0 Å². The number of rotatable bonds is 0. The zero-order valence-corrected chi connectivity index (χ0v) is 5.70. The second-order valence-electron chi connectivity index (χ2n) is 2.28. The molecule has 0 atom stereocenters. The van der Waals surface area contributed by atoms with Crippen molar-refractivity contribution in [2.45, 2.75) is 13.3 Å². The minimum atomic E-state index is 0.790. The Balaban J connectivity index is 2.60. The average Bonchev–Trinajstić information content (AvgIpc) is 2.33. The second-order valence-corrected chi connectivity index (χ2v) is 2.28. The van der Waals surface area contributed by atoms with Gasteiger partial charge in [-0.15, -0.1) is 0 Å². The molecule has 1 aliphatic rings.